The van der Waals surface area contributed by atoms with E-state index < -0.39 is 21.5 Å². The van der Waals surface area contributed by atoms with Gasteiger partial charge in [0.05, 0.1) is 32.1 Å². The molecule has 0 heterocycles. The maximum absolute atomic E-state index is 13.0. The number of benzene rings is 2. The van der Waals surface area contributed by atoms with Crippen LogP contribution in [0.3, 0.4) is 0 Å². The Morgan fingerprint density at radius 2 is 2.00 bits per heavy atom. The Hall–Kier alpha value is -1.80. The topological polar surface area (TPSA) is 86.2 Å². The van der Waals surface area contributed by atoms with Gasteiger partial charge in [-0.15, -0.1) is 0 Å². The Balaban J connectivity index is 2.25. The van der Waals surface area contributed by atoms with E-state index in [1.165, 1.54) is 30.3 Å². The monoisotopic (exact) mass is 372 g/mol. The molecule has 0 saturated carbocycles. The summed E-state index contributed by atoms with van der Waals surface area (Å²) in [6.07, 6.45) is 0. The number of nitrogens with two attached hydrogens (primary N) is 1. The number of nitro benzene ring substituents is 1. The van der Waals surface area contributed by atoms with Gasteiger partial charge in [0, 0.05) is 16.6 Å². The van der Waals surface area contributed by atoms with E-state index in [2.05, 4.69) is 15.9 Å². The average Bonchev–Trinajstić information content (AvgIpc) is 2.40. The maximum Gasteiger partial charge on any atom is 0.270 e. The van der Waals surface area contributed by atoms with Crippen molar-refractivity contribution < 1.29 is 13.5 Å². The summed E-state index contributed by atoms with van der Waals surface area (Å²) in [6.45, 7) is 0. The van der Waals surface area contributed by atoms with Gasteiger partial charge in [0.1, 0.15) is 5.82 Å². The minimum Gasteiger partial charge on any atom is -0.398 e. The molecule has 21 heavy (non-hydrogen) atoms. The summed E-state index contributed by atoms with van der Waals surface area (Å²) in [5.74, 6) is -0.376. The van der Waals surface area contributed by atoms with Crippen molar-refractivity contribution in [2.75, 3.05) is 5.73 Å². The predicted molar refractivity (Wildman–Crippen MR) is 81.7 cm³/mol. The molecular formula is C13H10BrFN2O3S. The van der Waals surface area contributed by atoms with Gasteiger partial charge in [-0.1, -0.05) is 22.0 Å². The van der Waals surface area contributed by atoms with Gasteiger partial charge in [-0.3, -0.25) is 14.3 Å². The highest BCUT2D eigenvalue weighted by Gasteiger charge is 2.14. The summed E-state index contributed by atoms with van der Waals surface area (Å²) in [5, 5.41) is 10.7. The van der Waals surface area contributed by atoms with Crippen molar-refractivity contribution >= 4 is 38.1 Å². The van der Waals surface area contributed by atoms with E-state index in [0.29, 0.717) is 14.9 Å². The molecule has 1 atom stereocenters. The zero-order valence-electron chi connectivity index (χ0n) is 10.6. The number of halogens is 2. The first-order chi connectivity index (χ1) is 9.88. The van der Waals surface area contributed by atoms with Crippen molar-refractivity contribution in [3.63, 3.8) is 0 Å². The molecule has 0 spiro atoms. The minimum absolute atomic E-state index is 0.0577. The standard InChI is InChI=1S/C13H10BrFN2O3S/c14-11-6-10(17(18)19)3-1-8(11)7-21(20)13-4-2-9(15)5-12(13)16/h1-6H,7,16H2. The summed E-state index contributed by atoms with van der Waals surface area (Å²) in [4.78, 5) is 10.5. The average molecular weight is 373 g/mol. The van der Waals surface area contributed by atoms with Gasteiger partial charge in [-0.2, -0.15) is 0 Å². The molecule has 2 rings (SSSR count). The smallest absolute Gasteiger partial charge is 0.270 e. The van der Waals surface area contributed by atoms with Crippen LogP contribution >= 0.6 is 15.9 Å². The zero-order valence-corrected chi connectivity index (χ0v) is 13.0. The fourth-order valence-corrected chi connectivity index (χ4v) is 3.64. The van der Waals surface area contributed by atoms with Crippen LogP contribution in [0.25, 0.3) is 0 Å². The molecule has 5 nitrogen and oxygen atoms in total. The lowest BCUT2D eigenvalue weighted by Crippen LogP contribution is -2.02. The Morgan fingerprint density at radius 1 is 1.29 bits per heavy atom. The highest BCUT2D eigenvalue weighted by atomic mass is 79.9. The molecule has 0 radical (unpaired) electrons. The Morgan fingerprint density at radius 3 is 2.57 bits per heavy atom. The van der Waals surface area contributed by atoms with Crippen LogP contribution in [0.15, 0.2) is 45.8 Å². The largest absolute Gasteiger partial charge is 0.398 e. The van der Waals surface area contributed by atoms with E-state index in [-0.39, 0.29) is 17.1 Å². The van der Waals surface area contributed by atoms with E-state index in [0.717, 1.165) is 6.07 Å². The molecule has 2 aromatic carbocycles. The van der Waals surface area contributed by atoms with Crippen LogP contribution in [0.2, 0.25) is 0 Å². The molecule has 0 aliphatic rings. The highest BCUT2D eigenvalue weighted by molar-refractivity contribution is 9.10. The molecule has 0 aliphatic heterocycles. The lowest BCUT2D eigenvalue weighted by molar-refractivity contribution is -0.384. The summed E-state index contributed by atoms with van der Waals surface area (Å²) in [6, 6.07) is 7.89. The number of nitrogens with zero attached hydrogens (tertiary/aromatic N) is 1. The number of anilines is 1. The molecule has 8 heteroatoms. The number of rotatable bonds is 4. The lowest BCUT2D eigenvalue weighted by atomic mass is 10.2. The Labute approximate surface area is 130 Å². The molecule has 0 aliphatic carbocycles. The molecule has 2 N–H and O–H groups in total. The molecule has 2 aromatic rings. The van der Waals surface area contributed by atoms with E-state index >= 15 is 0 Å². The number of nitro groups is 1. The van der Waals surface area contributed by atoms with Crippen LogP contribution in [0.4, 0.5) is 15.8 Å². The van der Waals surface area contributed by atoms with Crippen LogP contribution in [0.5, 0.6) is 0 Å². The number of nitrogen functional groups attached to an aromatic ring is 1. The second kappa shape index (κ2) is 6.31. The van der Waals surface area contributed by atoms with Crippen LogP contribution < -0.4 is 5.73 Å². The SMILES string of the molecule is Nc1cc(F)ccc1S(=O)Cc1ccc([N+](=O)[O-])cc1Br. The molecule has 0 aromatic heterocycles. The Kier molecular flexibility index (Phi) is 4.69. The van der Waals surface area contributed by atoms with Crippen LogP contribution in [0.1, 0.15) is 5.56 Å². The molecule has 110 valence electrons. The van der Waals surface area contributed by atoms with Gasteiger partial charge in [0.15, 0.2) is 0 Å². The Bertz CT molecular complexity index is 739. The quantitative estimate of drug-likeness (QED) is 0.506. The molecule has 0 bridgehead atoms. The van der Waals surface area contributed by atoms with Crippen molar-refractivity contribution in [1.82, 2.24) is 0 Å². The van der Waals surface area contributed by atoms with E-state index in [4.69, 9.17) is 5.73 Å². The second-order valence-electron chi connectivity index (χ2n) is 4.20. The molecule has 0 saturated heterocycles. The number of non-ortho nitro benzene ring substituents is 1. The summed E-state index contributed by atoms with van der Waals surface area (Å²) in [7, 11) is -1.47. The zero-order chi connectivity index (χ0) is 15.6. The first kappa shape index (κ1) is 15.6. The lowest BCUT2D eigenvalue weighted by Gasteiger charge is -2.07. The van der Waals surface area contributed by atoms with Crippen molar-refractivity contribution in [1.29, 1.82) is 0 Å². The van der Waals surface area contributed by atoms with Crippen molar-refractivity contribution in [3.05, 3.63) is 62.4 Å². The number of hydrogen-bond acceptors (Lipinski definition) is 4. The highest BCUT2D eigenvalue weighted by Crippen LogP contribution is 2.26. The number of hydrogen-bond donors (Lipinski definition) is 1. The van der Waals surface area contributed by atoms with Gasteiger partial charge in [0.25, 0.3) is 5.69 Å². The molecular weight excluding hydrogens is 363 g/mol. The third kappa shape index (κ3) is 3.64. The van der Waals surface area contributed by atoms with Gasteiger partial charge in [-0.25, -0.2) is 4.39 Å². The van der Waals surface area contributed by atoms with Gasteiger partial charge >= 0.3 is 0 Å². The normalized spacial score (nSPS) is 12.1. The van der Waals surface area contributed by atoms with Gasteiger partial charge in [-0.05, 0) is 23.8 Å². The molecule has 1 unspecified atom stereocenters. The van der Waals surface area contributed by atoms with Crippen molar-refractivity contribution in [3.8, 4) is 0 Å². The predicted octanol–water partition coefficient (Wildman–Crippen LogP) is 3.39. The van der Waals surface area contributed by atoms with Crippen LogP contribution in [-0.2, 0) is 16.6 Å². The summed E-state index contributed by atoms with van der Waals surface area (Å²) < 4.78 is 25.7. The first-order valence-electron chi connectivity index (χ1n) is 5.74. The van der Waals surface area contributed by atoms with Crippen molar-refractivity contribution in [2.45, 2.75) is 10.6 Å². The van der Waals surface area contributed by atoms with Crippen LogP contribution in [-0.4, -0.2) is 9.13 Å². The summed E-state index contributed by atoms with van der Waals surface area (Å²) in [5.41, 5.74) is 6.34. The molecule has 0 amide bonds. The third-order valence-electron chi connectivity index (χ3n) is 2.75. The van der Waals surface area contributed by atoms with Crippen LogP contribution in [0, 0.1) is 15.9 Å². The third-order valence-corrected chi connectivity index (χ3v) is 4.92. The maximum atomic E-state index is 13.0. The fourth-order valence-electron chi connectivity index (χ4n) is 1.71. The van der Waals surface area contributed by atoms with Gasteiger partial charge < -0.3 is 5.73 Å². The van der Waals surface area contributed by atoms with Crippen molar-refractivity contribution in [2.24, 2.45) is 0 Å². The van der Waals surface area contributed by atoms with E-state index in [1.807, 2.05) is 0 Å². The minimum atomic E-state index is -1.47. The second-order valence-corrected chi connectivity index (χ2v) is 6.48. The fraction of sp³-hybridized carbons (Fsp3) is 0.0769. The summed E-state index contributed by atoms with van der Waals surface area (Å²) >= 11 is 3.22. The van der Waals surface area contributed by atoms with E-state index in [1.54, 1.807) is 0 Å². The van der Waals surface area contributed by atoms with Gasteiger partial charge in [0.2, 0.25) is 0 Å². The first-order valence-corrected chi connectivity index (χ1v) is 7.86. The molecule has 0 fully saturated rings. The van der Waals surface area contributed by atoms with E-state index in [9.17, 15) is 18.7 Å².